The molecule has 3 heterocycles. The number of carbonyl (C=O) groups excluding carboxylic acids is 1. The number of fused-ring (bicyclic) bond motifs is 1. The predicted molar refractivity (Wildman–Crippen MR) is 159 cm³/mol. The topological polar surface area (TPSA) is 81.7 Å². The Morgan fingerprint density at radius 3 is 2.05 bits per heavy atom. The molecule has 3 aliphatic rings. The van der Waals surface area contributed by atoms with Crippen LogP contribution >= 0.6 is 47.5 Å². The summed E-state index contributed by atoms with van der Waals surface area (Å²) in [5.74, 6) is 0. The zero-order valence-electron chi connectivity index (χ0n) is 22.4. The lowest BCUT2D eigenvalue weighted by atomic mass is 9.99. The zero-order chi connectivity index (χ0) is 28.2. The highest BCUT2D eigenvalue weighted by atomic mass is 32.2. The molecule has 2 aromatic rings. The van der Waals surface area contributed by atoms with E-state index in [1.807, 2.05) is 74.5 Å². The Hall–Kier alpha value is -1.51. The van der Waals surface area contributed by atoms with E-state index in [1.165, 1.54) is 11.8 Å². The second-order valence-electron chi connectivity index (χ2n) is 9.50. The number of ether oxygens (including phenoxy) is 7. The summed E-state index contributed by atoms with van der Waals surface area (Å²) in [6.45, 7) is 3.83. The van der Waals surface area contributed by atoms with E-state index in [2.05, 4.69) is 0 Å². The quantitative estimate of drug-likeness (QED) is 0.264. The van der Waals surface area contributed by atoms with Gasteiger partial charge < -0.3 is 33.2 Å². The van der Waals surface area contributed by atoms with Crippen LogP contribution < -0.4 is 0 Å². The number of benzene rings is 2. The number of thioether (sulfide) groups is 3. The molecule has 0 saturated carbocycles. The summed E-state index contributed by atoms with van der Waals surface area (Å²) < 4.78 is 43.2. The van der Waals surface area contributed by atoms with E-state index in [-0.39, 0.29) is 16.8 Å². The van der Waals surface area contributed by atoms with Crippen LogP contribution in [0.2, 0.25) is 0 Å². The highest BCUT2D eigenvalue weighted by Crippen LogP contribution is 2.43. The Balaban J connectivity index is 1.41. The monoisotopic (exact) mass is 624 g/mol. The fourth-order valence-corrected chi connectivity index (χ4v) is 7.84. The molecule has 3 aliphatic heterocycles. The first-order chi connectivity index (χ1) is 19.4. The van der Waals surface area contributed by atoms with E-state index in [1.54, 1.807) is 25.1 Å². The number of hydrogen-bond donors (Lipinski definition) is 0. The largest absolute Gasteiger partial charge is 0.450 e. The third-order valence-corrected chi connectivity index (χ3v) is 9.98. The van der Waals surface area contributed by atoms with Crippen LogP contribution in [0.3, 0.4) is 0 Å². The molecule has 5 rings (SSSR count). The molecule has 0 aromatic heterocycles. The fourth-order valence-electron chi connectivity index (χ4n) is 5.04. The number of rotatable bonds is 8. The average molecular weight is 625 g/mol. The molecule has 0 radical (unpaired) electrons. The second-order valence-corrected chi connectivity index (χ2v) is 13.0. The van der Waals surface area contributed by atoms with E-state index in [0.717, 1.165) is 21.6 Å². The lowest BCUT2D eigenvalue weighted by Gasteiger charge is -2.47. The Bertz CT molecular complexity index is 1140. The van der Waals surface area contributed by atoms with Crippen LogP contribution in [0.5, 0.6) is 0 Å². The van der Waals surface area contributed by atoms with Crippen LogP contribution in [-0.4, -0.2) is 83.6 Å². The summed E-state index contributed by atoms with van der Waals surface area (Å²) in [6, 6.07) is 19.8. The average Bonchev–Trinajstić information content (AvgIpc) is 3.35. The third kappa shape index (κ3) is 6.75. The highest BCUT2D eigenvalue weighted by molar-refractivity contribution is 8.12. The Morgan fingerprint density at radius 1 is 0.825 bits per heavy atom. The van der Waals surface area contributed by atoms with Crippen molar-refractivity contribution in [3.8, 4) is 0 Å². The summed E-state index contributed by atoms with van der Waals surface area (Å²) in [6.07, 6.45) is -2.56. The third-order valence-electron chi connectivity index (χ3n) is 6.89. The van der Waals surface area contributed by atoms with Gasteiger partial charge in [0.1, 0.15) is 29.0 Å². The standard InChI is InChI=1S/C28H32O8S4/c1-15-19(30-3)22(34-27(29)38-4)24(39-17-11-7-5-8-12-17)25(31-15)33-20-16(2)32-26(23-21(20)35-28(37)36-23)40-18-13-9-6-10-14-18/h5-16,19-26H,1-4H3/t15-,16-,19-,20-,21+,22+,23+,24-,25+,26-/m0/s1. The molecule has 8 nitrogen and oxygen atoms in total. The van der Waals surface area contributed by atoms with Crippen molar-refractivity contribution in [1.82, 2.24) is 0 Å². The Labute approximate surface area is 252 Å². The lowest BCUT2D eigenvalue weighted by Crippen LogP contribution is -2.62. The number of hydrogen-bond acceptors (Lipinski definition) is 12. The van der Waals surface area contributed by atoms with Crippen molar-refractivity contribution in [3.63, 3.8) is 0 Å². The van der Waals surface area contributed by atoms with Gasteiger partial charge in [0, 0.05) is 29.1 Å². The first-order valence-electron chi connectivity index (χ1n) is 12.9. The maximum atomic E-state index is 12.5. The highest BCUT2D eigenvalue weighted by Gasteiger charge is 2.56. The van der Waals surface area contributed by atoms with E-state index >= 15 is 0 Å². The summed E-state index contributed by atoms with van der Waals surface area (Å²) >= 11 is 9.39. The molecule has 12 heteroatoms. The van der Waals surface area contributed by atoms with E-state index < -0.39 is 53.5 Å². The van der Waals surface area contributed by atoms with Crippen molar-refractivity contribution in [2.45, 2.75) is 83.3 Å². The second kappa shape index (κ2) is 13.6. The van der Waals surface area contributed by atoms with Crippen molar-refractivity contribution in [2.24, 2.45) is 0 Å². The first kappa shape index (κ1) is 30.0. The molecule has 0 amide bonds. The molecule has 2 aromatic carbocycles. The van der Waals surface area contributed by atoms with Gasteiger partial charge in [0.25, 0.3) is 0 Å². The van der Waals surface area contributed by atoms with Gasteiger partial charge >= 0.3 is 10.5 Å². The fraction of sp³-hybridized carbons (Fsp3) is 0.500. The minimum Gasteiger partial charge on any atom is -0.450 e. The molecule has 0 aliphatic carbocycles. The number of thiocarbonyl (C=S) groups is 1. The van der Waals surface area contributed by atoms with Crippen molar-refractivity contribution in [1.29, 1.82) is 0 Å². The van der Waals surface area contributed by atoms with Crippen LogP contribution in [0.1, 0.15) is 13.8 Å². The molecular formula is C28H32O8S4. The normalized spacial score (nSPS) is 35.4. The number of carbonyl (C=O) groups is 1. The van der Waals surface area contributed by atoms with Crippen LogP contribution in [0, 0.1) is 0 Å². The van der Waals surface area contributed by atoms with Gasteiger partial charge in [-0.05, 0) is 56.1 Å². The van der Waals surface area contributed by atoms with Gasteiger partial charge in [0.05, 0.1) is 12.2 Å². The molecule has 0 spiro atoms. The zero-order valence-corrected chi connectivity index (χ0v) is 25.7. The van der Waals surface area contributed by atoms with Crippen molar-refractivity contribution in [2.75, 3.05) is 13.4 Å². The molecule has 216 valence electrons. The Morgan fingerprint density at radius 2 is 1.43 bits per heavy atom. The number of methoxy groups -OCH3 is 1. The van der Waals surface area contributed by atoms with Crippen LogP contribution in [0.15, 0.2) is 70.5 Å². The Kier molecular flexibility index (Phi) is 10.2. The molecule has 0 unspecified atom stereocenters. The maximum Gasteiger partial charge on any atom is 0.367 e. The van der Waals surface area contributed by atoms with Gasteiger partial charge in [-0.15, -0.1) is 11.8 Å². The van der Waals surface area contributed by atoms with Gasteiger partial charge in [0.15, 0.2) is 18.5 Å². The van der Waals surface area contributed by atoms with Gasteiger partial charge in [-0.1, -0.05) is 48.2 Å². The molecule has 0 bridgehead atoms. The van der Waals surface area contributed by atoms with Gasteiger partial charge in [-0.3, -0.25) is 0 Å². The van der Waals surface area contributed by atoms with Gasteiger partial charge in [-0.2, -0.15) is 0 Å². The smallest absolute Gasteiger partial charge is 0.367 e. The van der Waals surface area contributed by atoms with Gasteiger partial charge in [-0.25, -0.2) is 4.79 Å². The molecule has 3 fully saturated rings. The SMILES string of the molecule is CO[C@@H]1[C@@H](OC(=O)SC)[C@H](Sc2ccccc2)[C@@H](O[C@@H]2[C@H]3OC(=S)O[C@H]3[C@H](Sc3ccccc3)O[C@H]2C)O[C@H]1C. The molecule has 3 saturated heterocycles. The van der Waals surface area contributed by atoms with Crippen LogP contribution in [-0.2, 0) is 33.2 Å². The van der Waals surface area contributed by atoms with Crippen LogP contribution in [0.25, 0.3) is 0 Å². The van der Waals surface area contributed by atoms with E-state index in [0.29, 0.717) is 0 Å². The van der Waals surface area contributed by atoms with Crippen molar-refractivity contribution < 1.29 is 38.0 Å². The minimum atomic E-state index is -0.779. The molecular weight excluding hydrogens is 593 g/mol. The molecule has 10 atom stereocenters. The maximum absolute atomic E-state index is 12.5. The first-order valence-corrected chi connectivity index (χ1v) is 16.3. The molecule has 0 N–H and O–H groups in total. The van der Waals surface area contributed by atoms with E-state index in [9.17, 15) is 4.79 Å². The predicted octanol–water partition coefficient (Wildman–Crippen LogP) is 5.77. The minimum absolute atomic E-state index is 0.0688. The van der Waals surface area contributed by atoms with Crippen molar-refractivity contribution >= 4 is 58.0 Å². The van der Waals surface area contributed by atoms with Crippen molar-refractivity contribution in [3.05, 3.63) is 60.7 Å². The lowest BCUT2D eigenvalue weighted by molar-refractivity contribution is -0.288. The van der Waals surface area contributed by atoms with E-state index in [4.69, 9.17) is 45.4 Å². The summed E-state index contributed by atoms with van der Waals surface area (Å²) in [5.41, 5.74) is -0.350. The summed E-state index contributed by atoms with van der Waals surface area (Å²) in [7, 11) is 1.59. The van der Waals surface area contributed by atoms with Crippen LogP contribution in [0.4, 0.5) is 4.79 Å². The summed E-state index contributed by atoms with van der Waals surface area (Å²) in [4.78, 5) is 14.5. The summed E-state index contributed by atoms with van der Waals surface area (Å²) in [5, 5.41) is -0.776. The van der Waals surface area contributed by atoms with Gasteiger partial charge in [0.2, 0.25) is 0 Å². The molecule has 40 heavy (non-hydrogen) atoms.